The summed E-state index contributed by atoms with van der Waals surface area (Å²) in [5, 5.41) is 0. The van der Waals surface area contributed by atoms with Crippen molar-refractivity contribution in [2.24, 2.45) is 0 Å². The lowest BCUT2D eigenvalue weighted by atomic mass is 10.1. The van der Waals surface area contributed by atoms with Crippen molar-refractivity contribution < 1.29 is 19.0 Å². The van der Waals surface area contributed by atoms with E-state index in [0.29, 0.717) is 36.8 Å². The topological polar surface area (TPSA) is 99.8 Å². The molecule has 1 aromatic carbocycles. The van der Waals surface area contributed by atoms with Crippen LogP contribution >= 0.6 is 0 Å². The molecule has 2 heterocycles. The average Bonchev–Trinajstić information content (AvgIpc) is 2.70. The quantitative estimate of drug-likeness (QED) is 0.799. The molecular formula is C19H22N4O4. The Morgan fingerprint density at radius 3 is 2.52 bits per heavy atom. The van der Waals surface area contributed by atoms with Crippen molar-refractivity contribution in [2.75, 3.05) is 33.6 Å². The van der Waals surface area contributed by atoms with Gasteiger partial charge in [-0.25, -0.2) is 9.97 Å². The molecule has 8 nitrogen and oxygen atoms in total. The number of rotatable bonds is 5. The van der Waals surface area contributed by atoms with Gasteiger partial charge in [-0.2, -0.15) is 0 Å². The molecule has 0 atom stereocenters. The average molecular weight is 370 g/mol. The van der Waals surface area contributed by atoms with Gasteiger partial charge in [0.2, 0.25) is 17.6 Å². The van der Waals surface area contributed by atoms with Crippen LogP contribution in [0.5, 0.6) is 17.2 Å². The molecule has 142 valence electrons. The molecule has 0 unspecified atom stereocenters. The zero-order chi connectivity index (χ0) is 19.4. The number of methoxy groups -OCH3 is 3. The third-order valence-corrected chi connectivity index (χ3v) is 4.38. The van der Waals surface area contributed by atoms with Crippen LogP contribution in [0.3, 0.4) is 0 Å². The minimum absolute atomic E-state index is 0.105. The van der Waals surface area contributed by atoms with Crippen molar-refractivity contribution in [2.45, 2.75) is 13.0 Å². The van der Waals surface area contributed by atoms with E-state index in [2.05, 4.69) is 9.97 Å². The number of amides is 1. The van der Waals surface area contributed by atoms with Crippen LogP contribution in [0.15, 0.2) is 24.4 Å². The molecule has 0 bridgehead atoms. The molecule has 2 N–H and O–H groups in total. The summed E-state index contributed by atoms with van der Waals surface area (Å²) in [7, 11) is 4.65. The van der Waals surface area contributed by atoms with Gasteiger partial charge in [0, 0.05) is 18.8 Å². The van der Waals surface area contributed by atoms with Crippen molar-refractivity contribution in [1.82, 2.24) is 14.9 Å². The standard InChI is InChI=1S/C19H22N4O4/c1-25-15-8-12(9-16(26-2)18(15)27-3)4-5-17(24)23-7-6-13-10-21-19(20)22-14(13)11-23/h4-5,8-10H,6-7,11H2,1-3H3,(H2,20,21,22)/b5-4+. The highest BCUT2D eigenvalue weighted by molar-refractivity contribution is 5.92. The maximum atomic E-state index is 12.6. The van der Waals surface area contributed by atoms with Crippen molar-refractivity contribution in [3.8, 4) is 17.2 Å². The number of hydrogen-bond donors (Lipinski definition) is 1. The van der Waals surface area contributed by atoms with Gasteiger partial charge in [-0.05, 0) is 35.8 Å². The van der Waals surface area contributed by atoms with Crippen LogP contribution in [-0.4, -0.2) is 48.6 Å². The van der Waals surface area contributed by atoms with E-state index in [0.717, 1.165) is 16.8 Å². The highest BCUT2D eigenvalue weighted by Gasteiger charge is 2.21. The lowest BCUT2D eigenvalue weighted by Crippen LogP contribution is -2.35. The van der Waals surface area contributed by atoms with E-state index < -0.39 is 0 Å². The van der Waals surface area contributed by atoms with Gasteiger partial charge < -0.3 is 24.8 Å². The van der Waals surface area contributed by atoms with Crippen LogP contribution in [0.4, 0.5) is 5.95 Å². The number of nitrogens with zero attached hydrogens (tertiary/aromatic N) is 3. The van der Waals surface area contributed by atoms with Crippen LogP contribution in [0.2, 0.25) is 0 Å². The first-order valence-electron chi connectivity index (χ1n) is 8.43. The molecule has 1 aliphatic rings. The molecule has 3 rings (SSSR count). The second-order valence-electron chi connectivity index (χ2n) is 6.00. The molecule has 8 heteroatoms. The molecule has 0 saturated carbocycles. The molecule has 1 aliphatic heterocycles. The second-order valence-corrected chi connectivity index (χ2v) is 6.00. The fraction of sp³-hybridized carbons (Fsp3) is 0.316. The van der Waals surface area contributed by atoms with Crippen molar-refractivity contribution in [1.29, 1.82) is 0 Å². The van der Waals surface area contributed by atoms with E-state index in [1.54, 1.807) is 50.6 Å². The Kier molecular flexibility index (Phi) is 5.44. The number of carbonyl (C=O) groups excluding carboxylic acids is 1. The Labute approximate surface area is 157 Å². The van der Waals surface area contributed by atoms with Gasteiger partial charge in [-0.15, -0.1) is 0 Å². The van der Waals surface area contributed by atoms with Crippen LogP contribution < -0.4 is 19.9 Å². The van der Waals surface area contributed by atoms with E-state index >= 15 is 0 Å². The minimum atomic E-state index is -0.105. The van der Waals surface area contributed by atoms with Crippen LogP contribution in [0, 0.1) is 0 Å². The zero-order valence-electron chi connectivity index (χ0n) is 15.6. The van der Waals surface area contributed by atoms with Gasteiger partial charge in [0.05, 0.1) is 33.6 Å². The van der Waals surface area contributed by atoms with Crippen molar-refractivity contribution >= 4 is 17.9 Å². The lowest BCUT2D eigenvalue weighted by Gasteiger charge is -2.26. The molecule has 1 amide bonds. The van der Waals surface area contributed by atoms with Gasteiger partial charge in [-0.3, -0.25) is 4.79 Å². The number of hydrogen-bond acceptors (Lipinski definition) is 7. The van der Waals surface area contributed by atoms with E-state index in [1.165, 1.54) is 6.08 Å². The van der Waals surface area contributed by atoms with Crippen molar-refractivity contribution in [3.05, 3.63) is 41.2 Å². The Hall–Kier alpha value is -3.29. The number of aromatic nitrogens is 2. The number of carbonyl (C=O) groups is 1. The van der Waals surface area contributed by atoms with Crippen LogP contribution in [0.25, 0.3) is 6.08 Å². The number of fused-ring (bicyclic) bond motifs is 1. The number of nitrogens with two attached hydrogens (primary N) is 1. The van der Waals surface area contributed by atoms with Crippen LogP contribution in [-0.2, 0) is 17.8 Å². The highest BCUT2D eigenvalue weighted by Crippen LogP contribution is 2.38. The maximum absolute atomic E-state index is 12.6. The molecule has 0 saturated heterocycles. The summed E-state index contributed by atoms with van der Waals surface area (Å²) in [6, 6.07) is 3.56. The van der Waals surface area contributed by atoms with Gasteiger partial charge >= 0.3 is 0 Å². The third kappa shape index (κ3) is 3.94. The van der Waals surface area contributed by atoms with E-state index in [9.17, 15) is 4.79 Å². The fourth-order valence-electron chi connectivity index (χ4n) is 2.98. The summed E-state index contributed by atoms with van der Waals surface area (Å²) in [5.41, 5.74) is 8.23. The number of anilines is 1. The SMILES string of the molecule is COc1cc(/C=C/C(=O)N2CCc3cnc(N)nc3C2)cc(OC)c1OC. The molecule has 0 aliphatic carbocycles. The third-order valence-electron chi connectivity index (χ3n) is 4.38. The predicted molar refractivity (Wildman–Crippen MR) is 101 cm³/mol. The molecular weight excluding hydrogens is 348 g/mol. The predicted octanol–water partition coefficient (Wildman–Crippen LogP) is 1.68. The maximum Gasteiger partial charge on any atom is 0.246 e. The molecule has 0 fully saturated rings. The largest absolute Gasteiger partial charge is 0.493 e. The normalized spacial score (nSPS) is 13.4. The highest BCUT2D eigenvalue weighted by atomic mass is 16.5. The first kappa shape index (κ1) is 18.5. The van der Waals surface area contributed by atoms with Crippen LogP contribution in [0.1, 0.15) is 16.8 Å². The zero-order valence-corrected chi connectivity index (χ0v) is 15.6. The summed E-state index contributed by atoms with van der Waals surface area (Å²) in [6.45, 7) is 1.03. The molecule has 27 heavy (non-hydrogen) atoms. The van der Waals surface area contributed by atoms with Gasteiger partial charge in [-0.1, -0.05) is 0 Å². The number of benzene rings is 1. The lowest BCUT2D eigenvalue weighted by molar-refractivity contribution is -0.126. The number of nitrogen functional groups attached to an aromatic ring is 1. The first-order chi connectivity index (χ1) is 13.0. The number of ether oxygens (including phenoxy) is 3. The van der Waals surface area contributed by atoms with E-state index in [1.807, 2.05) is 0 Å². The molecule has 1 aromatic heterocycles. The Morgan fingerprint density at radius 2 is 1.89 bits per heavy atom. The smallest absolute Gasteiger partial charge is 0.246 e. The van der Waals surface area contributed by atoms with E-state index in [4.69, 9.17) is 19.9 Å². The summed E-state index contributed by atoms with van der Waals surface area (Å²) in [5.74, 6) is 1.68. The minimum Gasteiger partial charge on any atom is -0.493 e. The van der Waals surface area contributed by atoms with E-state index in [-0.39, 0.29) is 11.9 Å². The van der Waals surface area contributed by atoms with Gasteiger partial charge in [0.1, 0.15) is 0 Å². The Bertz CT molecular complexity index is 857. The first-order valence-corrected chi connectivity index (χ1v) is 8.43. The summed E-state index contributed by atoms with van der Waals surface area (Å²) >= 11 is 0. The fourth-order valence-corrected chi connectivity index (χ4v) is 2.98. The monoisotopic (exact) mass is 370 g/mol. The molecule has 0 spiro atoms. The van der Waals surface area contributed by atoms with Crippen molar-refractivity contribution in [3.63, 3.8) is 0 Å². The molecule has 2 aromatic rings. The summed E-state index contributed by atoms with van der Waals surface area (Å²) in [4.78, 5) is 22.5. The Morgan fingerprint density at radius 1 is 1.19 bits per heavy atom. The van der Waals surface area contributed by atoms with Gasteiger partial charge in [0.25, 0.3) is 0 Å². The summed E-state index contributed by atoms with van der Waals surface area (Å²) in [6.07, 6.45) is 5.68. The van der Waals surface area contributed by atoms with Gasteiger partial charge in [0.15, 0.2) is 11.5 Å². The summed E-state index contributed by atoms with van der Waals surface area (Å²) < 4.78 is 16.0. The second kappa shape index (κ2) is 7.94. The Balaban J connectivity index is 1.77. The molecule has 0 radical (unpaired) electrons.